The van der Waals surface area contributed by atoms with Crippen LogP contribution in [-0.4, -0.2) is 44.6 Å². The fourth-order valence-corrected chi connectivity index (χ4v) is 4.06. The number of carbonyl (C=O) groups excluding carboxylic acids is 1. The van der Waals surface area contributed by atoms with Gasteiger partial charge in [-0.05, 0) is 55.7 Å². The molecule has 32 heavy (non-hydrogen) atoms. The zero-order chi connectivity index (χ0) is 23.5. The van der Waals surface area contributed by atoms with Gasteiger partial charge in [0.2, 0.25) is 10.0 Å². The zero-order valence-corrected chi connectivity index (χ0v) is 18.5. The van der Waals surface area contributed by atoms with Crippen molar-refractivity contribution in [2.45, 2.75) is 33.2 Å². The molecule has 0 spiro atoms. The van der Waals surface area contributed by atoms with E-state index in [0.29, 0.717) is 36.4 Å². The van der Waals surface area contributed by atoms with E-state index >= 15 is 0 Å². The molecule has 3 rings (SSSR count). The van der Waals surface area contributed by atoms with Gasteiger partial charge in [0, 0.05) is 19.6 Å². The Hall–Kier alpha value is -2.95. The molecular formula is C21H24F3N3O4S. The Bertz CT molecular complexity index is 1090. The lowest BCUT2D eigenvalue weighted by atomic mass is 10.1. The molecule has 0 atom stereocenters. The molecule has 11 heteroatoms. The summed E-state index contributed by atoms with van der Waals surface area (Å²) in [5.41, 5.74) is 2.04. The van der Waals surface area contributed by atoms with E-state index in [4.69, 9.17) is 0 Å². The molecule has 1 aliphatic rings. The first kappa shape index (κ1) is 23.7. The highest BCUT2D eigenvalue weighted by Gasteiger charge is 2.32. The molecule has 1 fully saturated rings. The molecule has 0 saturated carbocycles. The smallest absolute Gasteiger partial charge is 0.406 e. The molecule has 0 aromatic heterocycles. The first-order valence-electron chi connectivity index (χ1n) is 10.00. The van der Waals surface area contributed by atoms with Gasteiger partial charge < -0.3 is 9.64 Å². The molecule has 0 radical (unpaired) electrons. The summed E-state index contributed by atoms with van der Waals surface area (Å²) in [6.45, 7) is 4.22. The number of nitrogens with zero attached hydrogens (tertiary/aromatic N) is 2. The van der Waals surface area contributed by atoms with Crippen LogP contribution in [0.2, 0.25) is 0 Å². The van der Waals surface area contributed by atoms with E-state index in [-0.39, 0.29) is 24.1 Å². The largest absolute Gasteiger partial charge is 0.573 e. The average Bonchev–Trinajstić information content (AvgIpc) is 2.69. The van der Waals surface area contributed by atoms with Crippen molar-refractivity contribution in [2.24, 2.45) is 0 Å². The van der Waals surface area contributed by atoms with Gasteiger partial charge in [-0.15, -0.1) is 13.2 Å². The van der Waals surface area contributed by atoms with E-state index < -0.39 is 16.4 Å². The van der Waals surface area contributed by atoms with Gasteiger partial charge in [0.25, 0.3) is 0 Å². The van der Waals surface area contributed by atoms with Crippen LogP contribution in [0, 0.1) is 6.92 Å². The summed E-state index contributed by atoms with van der Waals surface area (Å²) in [7, 11) is -3.56. The van der Waals surface area contributed by atoms with Crippen molar-refractivity contribution in [3.05, 3.63) is 53.6 Å². The first-order chi connectivity index (χ1) is 15.0. The van der Waals surface area contributed by atoms with Crippen LogP contribution >= 0.6 is 0 Å². The number of halogens is 3. The second kappa shape index (κ2) is 9.27. The van der Waals surface area contributed by atoms with Crippen molar-refractivity contribution in [1.29, 1.82) is 0 Å². The zero-order valence-electron chi connectivity index (χ0n) is 17.6. The number of carbonyl (C=O) groups is 1. The maximum absolute atomic E-state index is 13.2. The number of aryl methyl sites for hydroxylation is 1. The van der Waals surface area contributed by atoms with Gasteiger partial charge in [-0.2, -0.15) is 0 Å². The molecule has 2 aromatic rings. The van der Waals surface area contributed by atoms with Crippen molar-refractivity contribution < 1.29 is 31.1 Å². The Balaban J connectivity index is 1.83. The molecule has 7 nitrogen and oxygen atoms in total. The quantitative estimate of drug-likeness (QED) is 0.646. The molecule has 0 bridgehead atoms. The van der Waals surface area contributed by atoms with Crippen LogP contribution in [0.1, 0.15) is 24.5 Å². The van der Waals surface area contributed by atoms with Gasteiger partial charge >= 0.3 is 12.4 Å². The van der Waals surface area contributed by atoms with Crippen molar-refractivity contribution in [2.75, 3.05) is 28.5 Å². The Labute approximate surface area is 184 Å². The first-order valence-corrected chi connectivity index (χ1v) is 11.6. The lowest BCUT2D eigenvalue weighted by Crippen LogP contribution is -2.49. The standard InChI is InChI=1S/C21H24F3N3O4S/c1-3-32(29,30)25-18-12-15(2)8-9-19(18)27-11-5-10-26(20(27)28)14-16-6-4-7-17(13-16)31-21(22,23)24/h4,6-9,12-13,25H,3,5,10-11,14H2,1-2H3. The van der Waals surface area contributed by atoms with Crippen LogP contribution in [0.25, 0.3) is 0 Å². The lowest BCUT2D eigenvalue weighted by molar-refractivity contribution is -0.274. The molecule has 174 valence electrons. The number of nitrogens with one attached hydrogen (secondary N) is 1. The van der Waals surface area contributed by atoms with Gasteiger partial charge in [-0.1, -0.05) is 18.2 Å². The SMILES string of the molecule is CCS(=O)(=O)Nc1cc(C)ccc1N1CCCN(Cc2cccc(OC(F)(F)F)c2)C1=O. The number of urea groups is 1. The molecule has 2 amide bonds. The van der Waals surface area contributed by atoms with Crippen molar-refractivity contribution >= 4 is 27.4 Å². The highest BCUT2D eigenvalue weighted by atomic mass is 32.2. The summed E-state index contributed by atoms with van der Waals surface area (Å²) in [5.74, 6) is -0.470. The summed E-state index contributed by atoms with van der Waals surface area (Å²) >= 11 is 0. The monoisotopic (exact) mass is 471 g/mol. The summed E-state index contributed by atoms with van der Waals surface area (Å²) in [5, 5.41) is 0. The topological polar surface area (TPSA) is 79.0 Å². The van der Waals surface area contributed by atoms with Gasteiger partial charge in [0.05, 0.1) is 17.1 Å². The average molecular weight is 472 g/mol. The van der Waals surface area contributed by atoms with E-state index in [2.05, 4.69) is 9.46 Å². The molecule has 2 aromatic carbocycles. The highest BCUT2D eigenvalue weighted by Crippen LogP contribution is 2.31. The van der Waals surface area contributed by atoms with Crippen LogP contribution in [-0.2, 0) is 16.6 Å². The normalized spacial score (nSPS) is 15.1. The van der Waals surface area contributed by atoms with E-state index in [1.807, 2.05) is 6.92 Å². The minimum Gasteiger partial charge on any atom is -0.406 e. The number of alkyl halides is 3. The van der Waals surface area contributed by atoms with Crippen molar-refractivity contribution in [3.63, 3.8) is 0 Å². The number of amides is 2. The second-order valence-electron chi connectivity index (χ2n) is 7.43. The van der Waals surface area contributed by atoms with Crippen LogP contribution in [0.5, 0.6) is 5.75 Å². The Kier molecular flexibility index (Phi) is 6.87. The Morgan fingerprint density at radius 1 is 1.12 bits per heavy atom. The number of benzene rings is 2. The number of rotatable bonds is 7. The maximum Gasteiger partial charge on any atom is 0.573 e. The number of hydrogen-bond donors (Lipinski definition) is 1. The van der Waals surface area contributed by atoms with Crippen LogP contribution < -0.4 is 14.4 Å². The predicted octanol–water partition coefficient (Wildman–Crippen LogP) is 4.49. The molecule has 1 saturated heterocycles. The summed E-state index contributed by atoms with van der Waals surface area (Å²) in [6, 6.07) is 10.2. The van der Waals surface area contributed by atoms with E-state index in [1.165, 1.54) is 34.9 Å². The van der Waals surface area contributed by atoms with Crippen LogP contribution in [0.15, 0.2) is 42.5 Å². The number of ether oxygens (including phenoxy) is 1. The predicted molar refractivity (Wildman–Crippen MR) is 115 cm³/mol. The van der Waals surface area contributed by atoms with Crippen molar-refractivity contribution in [1.82, 2.24) is 4.90 Å². The molecule has 1 heterocycles. The van der Waals surface area contributed by atoms with Crippen LogP contribution in [0.4, 0.5) is 29.3 Å². The van der Waals surface area contributed by atoms with Gasteiger partial charge in [-0.3, -0.25) is 9.62 Å². The minimum absolute atomic E-state index is 0.0896. The third kappa shape index (κ3) is 6.06. The molecule has 1 aliphatic heterocycles. The Morgan fingerprint density at radius 3 is 2.56 bits per heavy atom. The highest BCUT2D eigenvalue weighted by molar-refractivity contribution is 7.92. The van der Waals surface area contributed by atoms with Crippen LogP contribution in [0.3, 0.4) is 0 Å². The number of anilines is 2. The van der Waals surface area contributed by atoms with Crippen molar-refractivity contribution in [3.8, 4) is 5.75 Å². The summed E-state index contributed by atoms with van der Waals surface area (Å²) in [4.78, 5) is 16.2. The summed E-state index contributed by atoms with van der Waals surface area (Å²) in [6.07, 6.45) is -4.19. The lowest BCUT2D eigenvalue weighted by Gasteiger charge is -2.36. The minimum atomic E-state index is -4.80. The summed E-state index contributed by atoms with van der Waals surface area (Å²) < 4.78 is 68.2. The molecular weight excluding hydrogens is 447 g/mol. The number of hydrogen-bond acceptors (Lipinski definition) is 4. The van der Waals surface area contributed by atoms with E-state index in [1.54, 1.807) is 24.3 Å². The van der Waals surface area contributed by atoms with E-state index in [0.717, 1.165) is 5.56 Å². The third-order valence-corrected chi connectivity index (χ3v) is 6.20. The second-order valence-corrected chi connectivity index (χ2v) is 9.44. The third-order valence-electron chi connectivity index (χ3n) is 4.90. The van der Waals surface area contributed by atoms with Gasteiger partial charge in [0.15, 0.2) is 0 Å². The fourth-order valence-electron chi connectivity index (χ4n) is 3.42. The van der Waals surface area contributed by atoms with Gasteiger partial charge in [-0.25, -0.2) is 13.2 Å². The van der Waals surface area contributed by atoms with E-state index in [9.17, 15) is 26.4 Å². The Morgan fingerprint density at radius 2 is 1.88 bits per heavy atom. The number of sulfonamides is 1. The fraction of sp³-hybridized carbons (Fsp3) is 0.381. The van der Waals surface area contributed by atoms with Gasteiger partial charge in [0.1, 0.15) is 5.75 Å². The molecule has 0 unspecified atom stereocenters. The molecule has 1 N–H and O–H groups in total. The maximum atomic E-state index is 13.2. The molecule has 0 aliphatic carbocycles.